The van der Waals surface area contributed by atoms with Gasteiger partial charge in [0.25, 0.3) is 0 Å². The maximum atomic E-state index is 11.9. The molecule has 0 aromatic rings. The van der Waals surface area contributed by atoms with Crippen LogP contribution in [0.4, 0.5) is 0 Å². The van der Waals surface area contributed by atoms with Gasteiger partial charge in [-0.1, -0.05) is 0 Å². The van der Waals surface area contributed by atoms with Gasteiger partial charge in [-0.15, -0.1) is 0 Å². The summed E-state index contributed by atoms with van der Waals surface area (Å²) in [5.41, 5.74) is 0. The van der Waals surface area contributed by atoms with Crippen LogP contribution in [0.15, 0.2) is 0 Å². The SMILES string of the molecule is C[Si](C)(C)O[C@H]1O[C@H](COP(=O)(Cl)Cl)[C@@H](O[Si](C)(C)C)[C@H](O[Si](C)(C)C)[C@@H]1O[Si](C)(C)C. The van der Waals surface area contributed by atoms with E-state index in [2.05, 4.69) is 78.6 Å². The van der Waals surface area contributed by atoms with Gasteiger partial charge in [-0.05, 0) is 101 Å². The summed E-state index contributed by atoms with van der Waals surface area (Å²) >= 11 is 11.4. The fourth-order valence-electron chi connectivity index (χ4n) is 3.24. The molecule has 0 N–H and O–H groups in total. The van der Waals surface area contributed by atoms with Crippen molar-refractivity contribution in [1.29, 1.82) is 0 Å². The maximum absolute atomic E-state index is 11.9. The maximum Gasteiger partial charge on any atom is 0.380 e. The summed E-state index contributed by atoms with van der Waals surface area (Å²) in [6, 6.07) is 0. The minimum Gasteiger partial charge on any atom is -0.409 e. The Hall–Kier alpha value is 1.44. The molecule has 14 heteroatoms. The van der Waals surface area contributed by atoms with E-state index in [0.29, 0.717) is 0 Å². The monoisotopic (exact) mass is 584 g/mol. The fraction of sp³-hybridized carbons (Fsp3) is 1.00. The summed E-state index contributed by atoms with van der Waals surface area (Å²) in [6.45, 7) is 25.3. The van der Waals surface area contributed by atoms with Crippen molar-refractivity contribution in [2.75, 3.05) is 6.61 Å². The van der Waals surface area contributed by atoms with Crippen LogP contribution in [0.1, 0.15) is 0 Å². The second-order valence-electron chi connectivity index (χ2n) is 12.1. The van der Waals surface area contributed by atoms with Crippen LogP contribution in [0.2, 0.25) is 78.6 Å². The van der Waals surface area contributed by atoms with E-state index in [-0.39, 0.29) is 6.61 Å². The van der Waals surface area contributed by atoms with Crippen LogP contribution < -0.4 is 0 Å². The first-order valence-electron chi connectivity index (χ1n) is 11.0. The van der Waals surface area contributed by atoms with Crippen molar-refractivity contribution in [1.82, 2.24) is 0 Å². The van der Waals surface area contributed by atoms with Gasteiger partial charge in [-0.3, -0.25) is 4.57 Å². The number of halogens is 2. The standard InChI is InChI=1S/C18H43Cl2O7PSi4/c1-29(2,3)24-15-14(13-22-28(19,20)21)23-18(27-32(10,11)12)17(26-31(7,8)9)16(15)25-30(4,5)6/h14-18H,13H2,1-12H3/t14-,15-,16+,17+,18-/m1/s1. The van der Waals surface area contributed by atoms with E-state index in [1.54, 1.807) is 0 Å². The van der Waals surface area contributed by atoms with Crippen LogP contribution in [-0.2, 0) is 31.5 Å². The predicted molar refractivity (Wildman–Crippen MR) is 143 cm³/mol. The van der Waals surface area contributed by atoms with Crippen LogP contribution in [0.3, 0.4) is 0 Å². The normalized spacial score (nSPS) is 28.8. The summed E-state index contributed by atoms with van der Waals surface area (Å²) in [5.74, 6) is 0. The third-order valence-electron chi connectivity index (χ3n) is 3.92. The second-order valence-corrected chi connectivity index (χ2v) is 34.2. The highest BCUT2D eigenvalue weighted by Gasteiger charge is 2.53. The molecule has 0 spiro atoms. The van der Waals surface area contributed by atoms with Crippen LogP contribution in [0.25, 0.3) is 0 Å². The lowest BCUT2D eigenvalue weighted by Gasteiger charge is -2.51. The van der Waals surface area contributed by atoms with Gasteiger partial charge in [-0.2, -0.15) is 0 Å². The van der Waals surface area contributed by atoms with Gasteiger partial charge in [0.15, 0.2) is 39.6 Å². The Morgan fingerprint density at radius 3 is 1.41 bits per heavy atom. The second kappa shape index (κ2) is 11.2. The van der Waals surface area contributed by atoms with Crippen molar-refractivity contribution < 1.29 is 31.5 Å². The average molecular weight is 586 g/mol. The topological polar surface area (TPSA) is 72.5 Å². The summed E-state index contributed by atoms with van der Waals surface area (Å²) in [4.78, 5) is 0. The lowest BCUT2D eigenvalue weighted by molar-refractivity contribution is -0.267. The Balaban J connectivity index is 3.52. The first kappa shape index (κ1) is 31.5. The van der Waals surface area contributed by atoms with Crippen molar-refractivity contribution in [2.24, 2.45) is 0 Å². The molecule has 32 heavy (non-hydrogen) atoms. The highest BCUT2D eigenvalue weighted by atomic mass is 35.9. The fourth-order valence-corrected chi connectivity index (χ4v) is 8.04. The van der Waals surface area contributed by atoms with Crippen molar-refractivity contribution >= 4 is 61.8 Å². The lowest BCUT2D eigenvalue weighted by Crippen LogP contribution is -2.67. The minimum absolute atomic E-state index is 0.101. The van der Waals surface area contributed by atoms with E-state index in [0.717, 1.165) is 0 Å². The molecule has 1 heterocycles. The van der Waals surface area contributed by atoms with Crippen LogP contribution in [-0.4, -0.2) is 70.6 Å². The molecule has 0 amide bonds. The molecule has 1 rings (SSSR count). The van der Waals surface area contributed by atoms with E-state index in [9.17, 15) is 4.57 Å². The molecule has 1 aliphatic heterocycles. The van der Waals surface area contributed by atoms with E-state index < -0.39 is 70.0 Å². The van der Waals surface area contributed by atoms with E-state index in [1.165, 1.54) is 0 Å². The largest absolute Gasteiger partial charge is 0.409 e. The third kappa shape index (κ3) is 12.9. The van der Waals surface area contributed by atoms with Crippen molar-refractivity contribution in [3.05, 3.63) is 0 Å². The van der Waals surface area contributed by atoms with Gasteiger partial charge < -0.3 is 27.0 Å². The summed E-state index contributed by atoms with van der Waals surface area (Å²) < 4.78 is 49.9. The van der Waals surface area contributed by atoms with Crippen LogP contribution in [0.5, 0.6) is 0 Å². The Labute approximate surface area is 208 Å². The van der Waals surface area contributed by atoms with Crippen molar-refractivity contribution in [3.63, 3.8) is 0 Å². The molecule has 1 saturated heterocycles. The zero-order chi connectivity index (χ0) is 25.3. The number of hydrogen-bond donors (Lipinski definition) is 0. The molecule has 0 aliphatic carbocycles. The highest BCUT2D eigenvalue weighted by Crippen LogP contribution is 2.57. The lowest BCUT2D eigenvalue weighted by atomic mass is 9.99. The molecule has 0 saturated carbocycles. The van der Waals surface area contributed by atoms with Gasteiger partial charge in [0, 0.05) is 0 Å². The average Bonchev–Trinajstić information content (AvgIpc) is 2.45. The van der Waals surface area contributed by atoms with Gasteiger partial charge in [0.2, 0.25) is 0 Å². The molecule has 7 nitrogen and oxygen atoms in total. The quantitative estimate of drug-likeness (QED) is 0.195. The number of rotatable bonds is 11. The third-order valence-corrected chi connectivity index (χ3v) is 8.83. The van der Waals surface area contributed by atoms with Crippen molar-refractivity contribution in [3.8, 4) is 0 Å². The van der Waals surface area contributed by atoms with Gasteiger partial charge >= 0.3 is 6.07 Å². The molecule has 5 atom stereocenters. The Kier molecular flexibility index (Phi) is 11.0. The molecule has 0 aromatic carbocycles. The minimum atomic E-state index is -3.75. The van der Waals surface area contributed by atoms with E-state index >= 15 is 0 Å². The molecule has 1 fully saturated rings. The Morgan fingerprint density at radius 2 is 1.03 bits per heavy atom. The van der Waals surface area contributed by atoms with Crippen LogP contribution in [0, 0.1) is 0 Å². The molecule has 0 radical (unpaired) electrons. The first-order valence-corrected chi connectivity index (χ1v) is 28.0. The zero-order valence-electron chi connectivity index (χ0n) is 21.7. The highest BCUT2D eigenvalue weighted by molar-refractivity contribution is 8.05. The predicted octanol–water partition coefficient (Wildman–Crippen LogP) is 6.83. The number of hydrogen-bond acceptors (Lipinski definition) is 7. The Bertz CT molecular complexity index is 656. The van der Waals surface area contributed by atoms with E-state index in [1.807, 2.05) is 0 Å². The molecule has 0 aromatic heterocycles. The van der Waals surface area contributed by atoms with Gasteiger partial charge in [0.1, 0.15) is 24.4 Å². The molecular weight excluding hydrogens is 542 g/mol. The van der Waals surface area contributed by atoms with Crippen molar-refractivity contribution in [2.45, 2.75) is 109 Å². The first-order chi connectivity index (χ1) is 14.0. The smallest absolute Gasteiger partial charge is 0.380 e. The zero-order valence-corrected chi connectivity index (χ0v) is 28.1. The number of ether oxygens (including phenoxy) is 1. The van der Waals surface area contributed by atoms with Crippen LogP contribution >= 0.6 is 28.6 Å². The van der Waals surface area contributed by atoms with E-state index in [4.69, 9.17) is 49.4 Å². The molecule has 0 bridgehead atoms. The molecule has 0 unspecified atom stereocenters. The summed E-state index contributed by atoms with van der Waals surface area (Å²) in [6.07, 6.45) is -6.45. The Morgan fingerprint density at radius 1 is 0.656 bits per heavy atom. The molecule has 192 valence electrons. The van der Waals surface area contributed by atoms with Gasteiger partial charge in [0.05, 0.1) is 6.61 Å². The summed E-state index contributed by atoms with van der Waals surface area (Å²) in [7, 11) is -8.11. The summed E-state index contributed by atoms with van der Waals surface area (Å²) in [5, 5.41) is 0. The molecule has 1 aliphatic rings. The van der Waals surface area contributed by atoms with Gasteiger partial charge in [-0.25, -0.2) is 0 Å². The molecular formula is C18H43Cl2O7PSi4.